The van der Waals surface area contributed by atoms with Crippen LogP contribution in [0, 0.1) is 6.92 Å². The summed E-state index contributed by atoms with van der Waals surface area (Å²) in [6.45, 7) is 11.7. The Morgan fingerprint density at radius 2 is 1.87 bits per heavy atom. The molecule has 0 spiro atoms. The van der Waals surface area contributed by atoms with E-state index in [0.717, 1.165) is 12.2 Å². The molecule has 0 atom stereocenters. The van der Waals surface area contributed by atoms with E-state index in [-0.39, 0.29) is 0 Å². The van der Waals surface area contributed by atoms with E-state index in [1.165, 1.54) is 11.3 Å². The highest BCUT2D eigenvalue weighted by atomic mass is 14.9. The van der Waals surface area contributed by atoms with Crippen molar-refractivity contribution in [1.82, 2.24) is 10.3 Å². The molecule has 2 heteroatoms. The molecule has 0 bridgehead atoms. The highest BCUT2D eigenvalue weighted by Crippen LogP contribution is 2.16. The van der Waals surface area contributed by atoms with Gasteiger partial charge in [0.25, 0.3) is 0 Å². The van der Waals surface area contributed by atoms with Gasteiger partial charge >= 0.3 is 0 Å². The zero-order valence-electron chi connectivity index (χ0n) is 10.5. The maximum atomic E-state index is 4.68. The Morgan fingerprint density at radius 3 is 2.40 bits per heavy atom. The van der Waals surface area contributed by atoms with E-state index in [1.54, 1.807) is 0 Å². The molecule has 0 fully saturated rings. The summed E-state index contributed by atoms with van der Waals surface area (Å²) in [6.07, 6.45) is 0. The van der Waals surface area contributed by atoms with Gasteiger partial charge in [-0.15, -0.1) is 0 Å². The lowest BCUT2D eigenvalue weighted by Gasteiger charge is -2.12. The van der Waals surface area contributed by atoms with Gasteiger partial charge in [0.15, 0.2) is 0 Å². The van der Waals surface area contributed by atoms with Gasteiger partial charge in [-0.25, -0.2) is 0 Å². The van der Waals surface area contributed by atoms with Gasteiger partial charge in [0.05, 0.1) is 5.69 Å². The smallest absolute Gasteiger partial charge is 0.0545 e. The van der Waals surface area contributed by atoms with Crippen LogP contribution in [0.3, 0.4) is 0 Å². The SMILES string of the molecule is Cc1ccc(CNC(C)C)nc1C(C)C. The van der Waals surface area contributed by atoms with Gasteiger partial charge in [0.1, 0.15) is 0 Å². The van der Waals surface area contributed by atoms with Gasteiger partial charge in [-0.2, -0.15) is 0 Å². The minimum Gasteiger partial charge on any atom is -0.309 e. The van der Waals surface area contributed by atoms with Crippen molar-refractivity contribution in [2.45, 2.75) is 53.1 Å². The first kappa shape index (κ1) is 12.2. The van der Waals surface area contributed by atoms with Crippen molar-refractivity contribution in [3.8, 4) is 0 Å². The molecule has 1 aromatic heterocycles. The van der Waals surface area contributed by atoms with Crippen molar-refractivity contribution in [3.63, 3.8) is 0 Å². The quantitative estimate of drug-likeness (QED) is 0.819. The van der Waals surface area contributed by atoms with Crippen LogP contribution >= 0.6 is 0 Å². The number of hydrogen-bond donors (Lipinski definition) is 1. The molecular formula is C13H22N2. The highest BCUT2D eigenvalue weighted by molar-refractivity contribution is 5.24. The van der Waals surface area contributed by atoms with Crippen LogP contribution in [0.1, 0.15) is 50.6 Å². The number of aromatic nitrogens is 1. The summed E-state index contributed by atoms with van der Waals surface area (Å²) in [6, 6.07) is 4.78. The molecule has 0 aliphatic carbocycles. The predicted molar refractivity (Wildman–Crippen MR) is 65.0 cm³/mol. The Kier molecular flexibility index (Phi) is 4.28. The molecule has 0 saturated carbocycles. The van der Waals surface area contributed by atoms with Crippen molar-refractivity contribution in [2.24, 2.45) is 0 Å². The third-order valence-electron chi connectivity index (χ3n) is 2.43. The Morgan fingerprint density at radius 1 is 1.20 bits per heavy atom. The van der Waals surface area contributed by atoms with Gasteiger partial charge in [-0.3, -0.25) is 4.98 Å². The normalized spacial score (nSPS) is 11.4. The first-order valence-corrected chi connectivity index (χ1v) is 5.70. The lowest BCUT2D eigenvalue weighted by atomic mass is 10.0. The monoisotopic (exact) mass is 206 g/mol. The number of rotatable bonds is 4. The lowest BCUT2D eigenvalue weighted by Crippen LogP contribution is -2.22. The summed E-state index contributed by atoms with van der Waals surface area (Å²) < 4.78 is 0. The fraction of sp³-hybridized carbons (Fsp3) is 0.615. The molecule has 1 heterocycles. The fourth-order valence-corrected chi connectivity index (χ4v) is 1.58. The van der Waals surface area contributed by atoms with Crippen molar-refractivity contribution >= 4 is 0 Å². The second kappa shape index (κ2) is 5.26. The molecule has 0 aromatic carbocycles. The number of pyridine rings is 1. The molecule has 0 amide bonds. The summed E-state index contributed by atoms with van der Waals surface area (Å²) in [7, 11) is 0. The maximum Gasteiger partial charge on any atom is 0.0545 e. The fourth-order valence-electron chi connectivity index (χ4n) is 1.58. The minimum atomic E-state index is 0.504. The first-order valence-electron chi connectivity index (χ1n) is 5.70. The summed E-state index contributed by atoms with van der Waals surface area (Å²) in [5.74, 6) is 0.504. The standard InChI is InChI=1S/C13H22N2/c1-9(2)13-11(5)6-7-12(15-13)8-14-10(3)4/h6-7,9-10,14H,8H2,1-5H3. The summed E-state index contributed by atoms with van der Waals surface area (Å²) in [5.41, 5.74) is 3.65. The lowest BCUT2D eigenvalue weighted by molar-refractivity contribution is 0.579. The van der Waals surface area contributed by atoms with Crippen LogP contribution in [-0.4, -0.2) is 11.0 Å². The van der Waals surface area contributed by atoms with Crippen molar-refractivity contribution in [1.29, 1.82) is 0 Å². The molecule has 1 aromatic rings. The van der Waals surface area contributed by atoms with Crippen LogP contribution in [0.2, 0.25) is 0 Å². The zero-order valence-corrected chi connectivity index (χ0v) is 10.5. The largest absolute Gasteiger partial charge is 0.309 e. The van der Waals surface area contributed by atoms with Crippen LogP contribution in [0.5, 0.6) is 0 Å². The van der Waals surface area contributed by atoms with E-state index in [9.17, 15) is 0 Å². The van der Waals surface area contributed by atoms with E-state index in [4.69, 9.17) is 0 Å². The van der Waals surface area contributed by atoms with Crippen LogP contribution < -0.4 is 5.32 Å². The molecule has 1 rings (SSSR count). The molecule has 15 heavy (non-hydrogen) atoms. The second-order valence-electron chi connectivity index (χ2n) is 4.70. The third kappa shape index (κ3) is 3.63. The number of nitrogens with one attached hydrogen (secondary N) is 1. The Hall–Kier alpha value is -0.890. The summed E-state index contributed by atoms with van der Waals surface area (Å²) >= 11 is 0. The van der Waals surface area contributed by atoms with Gasteiger partial charge < -0.3 is 5.32 Å². The van der Waals surface area contributed by atoms with Crippen LogP contribution in [0.15, 0.2) is 12.1 Å². The zero-order chi connectivity index (χ0) is 11.4. The van der Waals surface area contributed by atoms with E-state index in [2.05, 4.69) is 57.1 Å². The van der Waals surface area contributed by atoms with E-state index in [1.807, 2.05) is 0 Å². The number of nitrogens with zero attached hydrogens (tertiary/aromatic N) is 1. The first-order chi connectivity index (χ1) is 7.00. The molecule has 0 aliphatic heterocycles. The minimum absolute atomic E-state index is 0.504. The topological polar surface area (TPSA) is 24.9 Å². The number of hydrogen-bond acceptors (Lipinski definition) is 2. The van der Waals surface area contributed by atoms with Gasteiger partial charge in [-0.05, 0) is 24.5 Å². The van der Waals surface area contributed by atoms with E-state index < -0.39 is 0 Å². The maximum absolute atomic E-state index is 4.68. The predicted octanol–water partition coefficient (Wildman–Crippen LogP) is 3.01. The average molecular weight is 206 g/mol. The van der Waals surface area contributed by atoms with Gasteiger partial charge in [-0.1, -0.05) is 33.8 Å². The van der Waals surface area contributed by atoms with Crippen molar-refractivity contribution in [2.75, 3.05) is 0 Å². The Bertz CT molecular complexity index is 316. The van der Waals surface area contributed by atoms with Gasteiger partial charge in [0.2, 0.25) is 0 Å². The molecular weight excluding hydrogens is 184 g/mol. The molecule has 84 valence electrons. The summed E-state index contributed by atoms with van der Waals surface area (Å²) in [5, 5.41) is 3.38. The van der Waals surface area contributed by atoms with Crippen molar-refractivity contribution in [3.05, 3.63) is 29.1 Å². The highest BCUT2D eigenvalue weighted by Gasteiger charge is 2.06. The molecule has 0 saturated heterocycles. The number of aryl methyl sites for hydroxylation is 1. The summed E-state index contributed by atoms with van der Waals surface area (Å²) in [4.78, 5) is 4.68. The van der Waals surface area contributed by atoms with E-state index in [0.29, 0.717) is 12.0 Å². The second-order valence-corrected chi connectivity index (χ2v) is 4.70. The molecule has 0 aliphatic rings. The Balaban J connectivity index is 2.78. The van der Waals surface area contributed by atoms with E-state index >= 15 is 0 Å². The molecule has 2 nitrogen and oxygen atoms in total. The van der Waals surface area contributed by atoms with Crippen LogP contribution in [0.4, 0.5) is 0 Å². The molecule has 0 unspecified atom stereocenters. The van der Waals surface area contributed by atoms with Crippen LogP contribution in [0.25, 0.3) is 0 Å². The third-order valence-corrected chi connectivity index (χ3v) is 2.43. The molecule has 1 N–H and O–H groups in total. The Labute approximate surface area is 93.1 Å². The van der Waals surface area contributed by atoms with Crippen molar-refractivity contribution < 1.29 is 0 Å². The van der Waals surface area contributed by atoms with Gasteiger partial charge in [0, 0.05) is 18.3 Å². The average Bonchev–Trinajstić information content (AvgIpc) is 2.16. The van der Waals surface area contributed by atoms with Crippen LogP contribution in [-0.2, 0) is 6.54 Å². The molecule has 0 radical (unpaired) electrons.